The quantitative estimate of drug-likeness (QED) is 0.502. The van der Waals surface area contributed by atoms with Gasteiger partial charge in [0.05, 0.1) is 19.1 Å². The third-order valence-electron chi connectivity index (χ3n) is 3.59. The number of nitrogens with zero attached hydrogens (tertiary/aromatic N) is 4. The average Bonchev–Trinajstić information content (AvgIpc) is 3.09. The van der Waals surface area contributed by atoms with Crippen LogP contribution >= 0.6 is 0 Å². The van der Waals surface area contributed by atoms with Crippen molar-refractivity contribution in [2.45, 2.75) is 13.1 Å². The first-order valence-corrected chi connectivity index (χ1v) is 7.70. The van der Waals surface area contributed by atoms with Crippen molar-refractivity contribution in [1.82, 2.24) is 14.7 Å². The molecule has 2 rings (SSSR count). The van der Waals surface area contributed by atoms with Gasteiger partial charge < -0.3 is 19.5 Å². The van der Waals surface area contributed by atoms with Crippen molar-refractivity contribution in [3.05, 3.63) is 46.3 Å². The van der Waals surface area contributed by atoms with E-state index in [0.717, 1.165) is 22.0 Å². The number of methoxy groups -OCH3 is 2. The van der Waals surface area contributed by atoms with Gasteiger partial charge in [-0.05, 0) is 17.7 Å². The average molecular weight is 378 g/mol. The van der Waals surface area contributed by atoms with Crippen LogP contribution in [-0.4, -0.2) is 57.4 Å². The Balaban J connectivity index is 2.19. The lowest BCUT2D eigenvalue weighted by Gasteiger charge is -2.21. The van der Waals surface area contributed by atoms with E-state index < -0.39 is 23.3 Å². The van der Waals surface area contributed by atoms with Crippen LogP contribution in [-0.2, 0) is 22.7 Å². The molecule has 1 heterocycles. The monoisotopic (exact) mass is 378 g/mol. The highest BCUT2D eigenvalue weighted by atomic mass is 16.6. The van der Waals surface area contributed by atoms with Crippen LogP contribution in [0.4, 0.5) is 5.69 Å². The first kappa shape index (κ1) is 19.7. The number of aliphatic carboxylic acids is 1. The molecule has 0 aliphatic rings. The fourth-order valence-corrected chi connectivity index (χ4v) is 2.35. The highest BCUT2D eigenvalue weighted by Gasteiger charge is 2.20. The molecule has 0 unspecified atom stereocenters. The standard InChI is InChI=1S/C16H18N4O7/c1-26-13-3-11(4-14(5-13)27-2)7-18(10-16(22)23)15(21)9-19-8-12(6-17-19)20(24)25/h3-6,8H,7,9-10H2,1-2H3,(H,22,23). The van der Waals surface area contributed by atoms with E-state index in [1.165, 1.54) is 14.2 Å². The van der Waals surface area contributed by atoms with Gasteiger partial charge in [0, 0.05) is 12.6 Å². The summed E-state index contributed by atoms with van der Waals surface area (Å²) in [6.07, 6.45) is 2.12. The van der Waals surface area contributed by atoms with Gasteiger partial charge in [0.25, 0.3) is 0 Å². The molecule has 2 aromatic rings. The molecule has 0 aliphatic heterocycles. The Labute approximate surface area is 153 Å². The molecule has 27 heavy (non-hydrogen) atoms. The lowest BCUT2D eigenvalue weighted by atomic mass is 10.2. The van der Waals surface area contributed by atoms with E-state index >= 15 is 0 Å². The maximum Gasteiger partial charge on any atom is 0.323 e. The number of carbonyl (C=O) groups is 2. The molecule has 11 heteroatoms. The number of carbonyl (C=O) groups excluding carboxylic acids is 1. The number of nitro groups is 1. The van der Waals surface area contributed by atoms with Gasteiger partial charge >= 0.3 is 11.7 Å². The molecule has 0 spiro atoms. The second-order valence-corrected chi connectivity index (χ2v) is 5.52. The number of amides is 1. The largest absolute Gasteiger partial charge is 0.497 e. The van der Waals surface area contributed by atoms with E-state index in [-0.39, 0.29) is 18.8 Å². The van der Waals surface area contributed by atoms with E-state index in [2.05, 4.69) is 5.10 Å². The number of carboxylic acids is 1. The van der Waals surface area contributed by atoms with E-state index in [9.17, 15) is 19.7 Å². The van der Waals surface area contributed by atoms with Crippen LogP contribution in [0.3, 0.4) is 0 Å². The molecule has 1 amide bonds. The zero-order valence-electron chi connectivity index (χ0n) is 14.7. The number of rotatable bonds is 9. The molecule has 0 saturated carbocycles. The van der Waals surface area contributed by atoms with Gasteiger partial charge in [-0.1, -0.05) is 0 Å². The SMILES string of the molecule is COc1cc(CN(CC(=O)O)C(=O)Cn2cc([N+](=O)[O-])cn2)cc(OC)c1. The van der Waals surface area contributed by atoms with Crippen LogP contribution in [0.5, 0.6) is 11.5 Å². The van der Waals surface area contributed by atoms with Crippen molar-refractivity contribution < 1.29 is 29.1 Å². The van der Waals surface area contributed by atoms with Crippen molar-refractivity contribution in [3.8, 4) is 11.5 Å². The van der Waals surface area contributed by atoms with E-state index in [4.69, 9.17) is 14.6 Å². The summed E-state index contributed by atoms with van der Waals surface area (Å²) < 4.78 is 11.4. The molecule has 1 aromatic heterocycles. The molecule has 1 N–H and O–H groups in total. The molecule has 11 nitrogen and oxygen atoms in total. The van der Waals surface area contributed by atoms with Gasteiger partial charge in [0.1, 0.15) is 37.0 Å². The molecular formula is C16H18N4O7. The Bertz CT molecular complexity index is 827. The summed E-state index contributed by atoms with van der Waals surface area (Å²) in [4.78, 5) is 34.8. The molecule has 0 atom stereocenters. The van der Waals surface area contributed by atoms with Crippen LogP contribution in [0.25, 0.3) is 0 Å². The summed E-state index contributed by atoms with van der Waals surface area (Å²) in [7, 11) is 2.95. The van der Waals surface area contributed by atoms with Gasteiger partial charge in [0.2, 0.25) is 5.91 Å². The summed E-state index contributed by atoms with van der Waals surface area (Å²) in [5, 5.41) is 23.5. The summed E-state index contributed by atoms with van der Waals surface area (Å²) in [5.74, 6) is -0.758. The van der Waals surface area contributed by atoms with Gasteiger partial charge in [-0.3, -0.25) is 24.4 Å². The van der Waals surface area contributed by atoms with Crippen molar-refractivity contribution >= 4 is 17.6 Å². The van der Waals surface area contributed by atoms with Crippen LogP contribution in [0.2, 0.25) is 0 Å². The second kappa shape index (κ2) is 8.65. The van der Waals surface area contributed by atoms with Crippen LogP contribution < -0.4 is 9.47 Å². The fourth-order valence-electron chi connectivity index (χ4n) is 2.35. The number of carboxylic acid groups (broad SMARTS) is 1. The third kappa shape index (κ3) is 5.42. The van der Waals surface area contributed by atoms with Gasteiger partial charge in [-0.2, -0.15) is 5.10 Å². The minimum atomic E-state index is -1.19. The zero-order valence-corrected chi connectivity index (χ0v) is 14.7. The molecule has 0 bridgehead atoms. The van der Waals surface area contributed by atoms with Gasteiger partial charge in [-0.15, -0.1) is 0 Å². The topological polar surface area (TPSA) is 137 Å². The lowest BCUT2D eigenvalue weighted by molar-refractivity contribution is -0.385. The van der Waals surface area contributed by atoms with Crippen LogP contribution in [0.1, 0.15) is 5.56 Å². The Hall–Kier alpha value is -3.63. The Morgan fingerprint density at radius 2 is 1.89 bits per heavy atom. The molecule has 1 aromatic carbocycles. The minimum absolute atomic E-state index is 0.0119. The predicted molar refractivity (Wildman–Crippen MR) is 91.5 cm³/mol. The summed E-state index contributed by atoms with van der Waals surface area (Å²) >= 11 is 0. The van der Waals surface area contributed by atoms with E-state index in [0.29, 0.717) is 17.1 Å². The Morgan fingerprint density at radius 1 is 1.26 bits per heavy atom. The number of aromatic nitrogens is 2. The first-order valence-electron chi connectivity index (χ1n) is 7.70. The van der Waals surface area contributed by atoms with Crippen molar-refractivity contribution in [3.63, 3.8) is 0 Å². The minimum Gasteiger partial charge on any atom is -0.497 e. The highest BCUT2D eigenvalue weighted by molar-refractivity contribution is 5.81. The highest BCUT2D eigenvalue weighted by Crippen LogP contribution is 2.23. The fraction of sp³-hybridized carbons (Fsp3) is 0.312. The van der Waals surface area contributed by atoms with Gasteiger partial charge in [0.15, 0.2) is 0 Å². The molecular weight excluding hydrogens is 360 g/mol. The lowest BCUT2D eigenvalue weighted by Crippen LogP contribution is -2.37. The normalized spacial score (nSPS) is 10.3. The maximum atomic E-state index is 12.5. The molecule has 0 fully saturated rings. The Morgan fingerprint density at radius 3 is 2.37 bits per heavy atom. The number of hydrogen-bond donors (Lipinski definition) is 1. The number of benzene rings is 1. The first-order chi connectivity index (χ1) is 12.8. The summed E-state index contributed by atoms with van der Waals surface area (Å²) in [6.45, 7) is -0.883. The predicted octanol–water partition coefficient (Wildman–Crippen LogP) is 0.922. The third-order valence-corrected chi connectivity index (χ3v) is 3.59. The number of ether oxygens (including phenoxy) is 2. The molecule has 0 radical (unpaired) electrons. The zero-order chi connectivity index (χ0) is 20.0. The molecule has 0 aliphatic carbocycles. The van der Waals surface area contributed by atoms with Gasteiger partial charge in [-0.25, -0.2) is 0 Å². The second-order valence-electron chi connectivity index (χ2n) is 5.52. The van der Waals surface area contributed by atoms with E-state index in [1.807, 2.05) is 0 Å². The maximum absolute atomic E-state index is 12.5. The van der Waals surface area contributed by atoms with E-state index in [1.54, 1.807) is 18.2 Å². The van der Waals surface area contributed by atoms with Crippen LogP contribution in [0, 0.1) is 10.1 Å². The summed E-state index contributed by atoms with van der Waals surface area (Å²) in [6, 6.07) is 4.96. The van der Waals surface area contributed by atoms with Crippen molar-refractivity contribution in [2.24, 2.45) is 0 Å². The van der Waals surface area contributed by atoms with Crippen LogP contribution in [0.15, 0.2) is 30.6 Å². The molecule has 0 saturated heterocycles. The Kier molecular flexibility index (Phi) is 6.31. The van der Waals surface area contributed by atoms with Crippen molar-refractivity contribution in [1.29, 1.82) is 0 Å². The molecule has 144 valence electrons. The summed E-state index contributed by atoms with van der Waals surface area (Å²) in [5.41, 5.74) is 0.345. The number of hydrogen-bond acceptors (Lipinski definition) is 7. The van der Waals surface area contributed by atoms with Crippen molar-refractivity contribution in [2.75, 3.05) is 20.8 Å². The smallest absolute Gasteiger partial charge is 0.323 e.